The molecule has 3 aromatic rings. The maximum atomic E-state index is 11.3. The predicted molar refractivity (Wildman–Crippen MR) is 100 cm³/mol. The topological polar surface area (TPSA) is 39.2 Å². The van der Waals surface area contributed by atoms with Crippen molar-refractivity contribution < 1.29 is 9.53 Å². The smallest absolute Gasteiger partial charge is 0.178 e. The third-order valence-electron chi connectivity index (χ3n) is 3.99. The van der Waals surface area contributed by atoms with Crippen LogP contribution in [0.4, 0.5) is 0 Å². The van der Waals surface area contributed by atoms with Crippen LogP contribution in [0.1, 0.15) is 28.5 Å². The summed E-state index contributed by atoms with van der Waals surface area (Å²) in [5, 5.41) is 0.689. The Hall–Kier alpha value is -2.65. The molecule has 3 rings (SSSR count). The largest absolute Gasteiger partial charge is 0.496 e. The van der Waals surface area contributed by atoms with Crippen molar-refractivity contribution in [3.8, 4) is 16.9 Å². The van der Waals surface area contributed by atoms with E-state index >= 15 is 0 Å². The number of halogens is 1. The van der Waals surface area contributed by atoms with Crippen LogP contribution in [0.5, 0.6) is 5.75 Å². The average Bonchev–Trinajstić information content (AvgIpc) is 2.62. The Morgan fingerprint density at radius 3 is 2.52 bits per heavy atom. The molecule has 4 heteroatoms. The zero-order valence-electron chi connectivity index (χ0n) is 14.1. The molecule has 0 N–H and O–H groups in total. The lowest BCUT2D eigenvalue weighted by atomic mass is 9.98. The third kappa shape index (κ3) is 4.06. The first-order valence-electron chi connectivity index (χ1n) is 7.95. The van der Waals surface area contributed by atoms with Gasteiger partial charge in [0.05, 0.1) is 7.11 Å². The number of carbonyl (C=O) groups is 1. The van der Waals surface area contributed by atoms with Crippen molar-refractivity contribution in [3.63, 3.8) is 0 Å². The van der Waals surface area contributed by atoms with Gasteiger partial charge in [-0.25, -0.2) is 0 Å². The third-order valence-corrected chi connectivity index (χ3v) is 4.23. The summed E-state index contributed by atoms with van der Waals surface area (Å²) in [4.78, 5) is 15.5. The van der Waals surface area contributed by atoms with Gasteiger partial charge in [0.1, 0.15) is 11.4 Å². The van der Waals surface area contributed by atoms with Crippen molar-refractivity contribution in [1.82, 2.24) is 4.98 Å². The number of carbonyl (C=O) groups excluding carboxylic acids is 1. The van der Waals surface area contributed by atoms with Gasteiger partial charge in [0.15, 0.2) is 5.78 Å². The Balaban J connectivity index is 1.92. The molecule has 0 spiro atoms. The van der Waals surface area contributed by atoms with Crippen LogP contribution in [0.15, 0.2) is 60.8 Å². The summed E-state index contributed by atoms with van der Waals surface area (Å²) >= 11 is 6.12. The molecule has 0 aliphatic heterocycles. The van der Waals surface area contributed by atoms with Crippen molar-refractivity contribution in [2.75, 3.05) is 7.11 Å². The SMILES string of the molecule is COc1ccc(Cc2ccc(C(C)=O)nc2)cc1-c1cccc(Cl)c1. The van der Waals surface area contributed by atoms with E-state index in [9.17, 15) is 4.79 Å². The normalized spacial score (nSPS) is 10.5. The molecule has 0 aliphatic rings. The van der Waals surface area contributed by atoms with E-state index in [-0.39, 0.29) is 5.78 Å². The van der Waals surface area contributed by atoms with Crippen molar-refractivity contribution >= 4 is 17.4 Å². The molecule has 0 saturated carbocycles. The molecule has 2 aromatic carbocycles. The van der Waals surface area contributed by atoms with E-state index in [4.69, 9.17) is 16.3 Å². The number of hydrogen-bond donors (Lipinski definition) is 0. The zero-order valence-corrected chi connectivity index (χ0v) is 14.9. The molecule has 0 amide bonds. The van der Waals surface area contributed by atoms with Crippen molar-refractivity contribution in [1.29, 1.82) is 0 Å². The number of rotatable bonds is 5. The number of pyridine rings is 1. The number of ether oxygens (including phenoxy) is 1. The first-order chi connectivity index (χ1) is 12.1. The first-order valence-corrected chi connectivity index (χ1v) is 8.33. The Bertz CT molecular complexity index is 904. The average molecular weight is 352 g/mol. The standard InChI is InChI=1S/C21H18ClNO2/c1-14(24)20-8-6-16(13-23-20)10-15-7-9-21(25-2)19(11-15)17-4-3-5-18(22)12-17/h3-9,11-13H,10H2,1-2H3. The van der Waals surface area contributed by atoms with E-state index < -0.39 is 0 Å². The Morgan fingerprint density at radius 2 is 1.88 bits per heavy atom. The molecule has 0 radical (unpaired) electrons. The molecule has 0 unspecified atom stereocenters. The molecular formula is C21H18ClNO2. The van der Waals surface area contributed by atoms with Gasteiger partial charge >= 0.3 is 0 Å². The molecular weight excluding hydrogens is 334 g/mol. The van der Waals surface area contributed by atoms with Crippen molar-refractivity contribution in [2.24, 2.45) is 0 Å². The maximum absolute atomic E-state index is 11.3. The van der Waals surface area contributed by atoms with Crippen LogP contribution in [0, 0.1) is 0 Å². The van der Waals surface area contributed by atoms with Crippen LogP contribution >= 0.6 is 11.6 Å². The second-order valence-electron chi connectivity index (χ2n) is 5.83. The van der Waals surface area contributed by atoms with Crippen molar-refractivity contribution in [2.45, 2.75) is 13.3 Å². The van der Waals surface area contributed by atoms with Gasteiger partial charge in [0, 0.05) is 23.7 Å². The highest BCUT2D eigenvalue weighted by molar-refractivity contribution is 6.30. The molecule has 126 valence electrons. The summed E-state index contributed by atoms with van der Waals surface area (Å²) < 4.78 is 5.49. The van der Waals surface area contributed by atoms with Gasteiger partial charge in [-0.15, -0.1) is 0 Å². The lowest BCUT2D eigenvalue weighted by molar-refractivity contribution is 0.101. The van der Waals surface area contributed by atoms with E-state index in [1.807, 2.05) is 42.5 Å². The summed E-state index contributed by atoms with van der Waals surface area (Å²) in [6.45, 7) is 1.52. The fourth-order valence-electron chi connectivity index (χ4n) is 2.72. The van der Waals surface area contributed by atoms with E-state index in [2.05, 4.69) is 11.1 Å². The number of nitrogens with zero attached hydrogens (tertiary/aromatic N) is 1. The van der Waals surface area contributed by atoms with Crippen LogP contribution in [0.3, 0.4) is 0 Å². The van der Waals surface area contributed by atoms with Gasteiger partial charge < -0.3 is 4.74 Å². The summed E-state index contributed by atoms with van der Waals surface area (Å²) in [6.07, 6.45) is 2.47. The zero-order chi connectivity index (χ0) is 17.8. The molecule has 1 heterocycles. The van der Waals surface area contributed by atoms with Gasteiger partial charge in [0.2, 0.25) is 0 Å². The van der Waals surface area contributed by atoms with Crippen LogP contribution in [-0.4, -0.2) is 17.9 Å². The molecule has 0 aliphatic carbocycles. The van der Waals surface area contributed by atoms with Gasteiger partial charge in [-0.1, -0.05) is 35.9 Å². The molecule has 0 atom stereocenters. The number of hydrogen-bond acceptors (Lipinski definition) is 3. The van der Waals surface area contributed by atoms with Gasteiger partial charge in [-0.2, -0.15) is 0 Å². The highest BCUT2D eigenvalue weighted by Gasteiger charge is 2.09. The monoisotopic (exact) mass is 351 g/mol. The first kappa shape index (κ1) is 17.2. The number of Topliss-reactive ketones (excluding diaryl/α,β-unsaturated/α-hetero) is 1. The highest BCUT2D eigenvalue weighted by Crippen LogP contribution is 2.32. The summed E-state index contributed by atoms with van der Waals surface area (Å²) in [5.41, 5.74) is 4.67. The van der Waals surface area contributed by atoms with E-state index in [1.165, 1.54) is 6.92 Å². The predicted octanol–water partition coefficient (Wildman–Crippen LogP) is 5.20. The Kier molecular flexibility index (Phi) is 5.15. The summed E-state index contributed by atoms with van der Waals surface area (Å²) in [7, 11) is 1.66. The lowest BCUT2D eigenvalue weighted by Gasteiger charge is -2.12. The minimum Gasteiger partial charge on any atom is -0.496 e. The Labute approximate surface area is 152 Å². The minimum absolute atomic E-state index is 0.0285. The van der Waals surface area contributed by atoms with Gasteiger partial charge in [-0.05, 0) is 53.4 Å². The van der Waals surface area contributed by atoms with E-state index in [1.54, 1.807) is 19.4 Å². The number of benzene rings is 2. The van der Waals surface area contributed by atoms with Crippen molar-refractivity contribution in [3.05, 3.63) is 82.6 Å². The van der Waals surface area contributed by atoms with Crippen LogP contribution in [0.2, 0.25) is 5.02 Å². The molecule has 0 saturated heterocycles. The highest BCUT2D eigenvalue weighted by atomic mass is 35.5. The van der Waals surface area contributed by atoms with Gasteiger partial charge in [-0.3, -0.25) is 9.78 Å². The summed E-state index contributed by atoms with van der Waals surface area (Å²) in [6, 6.07) is 17.5. The van der Waals surface area contributed by atoms with E-state index in [0.717, 1.165) is 34.4 Å². The fraction of sp³-hybridized carbons (Fsp3) is 0.143. The molecule has 1 aromatic heterocycles. The molecule has 0 bridgehead atoms. The second-order valence-corrected chi connectivity index (χ2v) is 6.27. The number of aromatic nitrogens is 1. The maximum Gasteiger partial charge on any atom is 0.178 e. The Morgan fingerprint density at radius 1 is 1.08 bits per heavy atom. The van der Waals surface area contributed by atoms with Crippen LogP contribution in [0.25, 0.3) is 11.1 Å². The molecule has 3 nitrogen and oxygen atoms in total. The number of methoxy groups -OCH3 is 1. The van der Waals surface area contributed by atoms with Gasteiger partial charge in [0.25, 0.3) is 0 Å². The number of ketones is 1. The quantitative estimate of drug-likeness (QED) is 0.593. The molecule has 25 heavy (non-hydrogen) atoms. The lowest BCUT2D eigenvalue weighted by Crippen LogP contribution is -1.98. The van der Waals surface area contributed by atoms with Crippen LogP contribution < -0.4 is 4.74 Å². The minimum atomic E-state index is -0.0285. The van der Waals surface area contributed by atoms with E-state index in [0.29, 0.717) is 10.7 Å². The van der Waals surface area contributed by atoms with Crippen LogP contribution in [-0.2, 0) is 6.42 Å². The molecule has 0 fully saturated rings. The summed E-state index contributed by atoms with van der Waals surface area (Å²) in [5.74, 6) is 0.773. The second kappa shape index (κ2) is 7.49. The fourth-order valence-corrected chi connectivity index (χ4v) is 2.91.